The number of hydrogen-bond acceptors (Lipinski definition) is 6. The van der Waals surface area contributed by atoms with E-state index in [0.29, 0.717) is 12.8 Å². The second kappa shape index (κ2) is 20.2. The van der Waals surface area contributed by atoms with Crippen molar-refractivity contribution in [1.82, 2.24) is 0 Å². The molecule has 0 saturated carbocycles. The molecule has 0 unspecified atom stereocenters. The van der Waals surface area contributed by atoms with Gasteiger partial charge in [-0.05, 0) is 0 Å². The molecule has 2 aromatic carbocycles. The SMILES string of the molecule is COC(=O)C[CH2][Sn+2][CH2]CC(=O)OC.[S-]Cc1ccccc1.[S-]Cc1ccccc1. The van der Waals surface area contributed by atoms with Crippen LogP contribution in [0.15, 0.2) is 60.7 Å². The van der Waals surface area contributed by atoms with Crippen molar-refractivity contribution in [3.8, 4) is 0 Å². The van der Waals surface area contributed by atoms with Gasteiger partial charge in [-0.1, -0.05) is 71.8 Å². The molecule has 0 radical (unpaired) electrons. The van der Waals surface area contributed by atoms with Crippen LogP contribution in [0.4, 0.5) is 0 Å². The van der Waals surface area contributed by atoms with Gasteiger partial charge in [-0.25, -0.2) is 0 Å². The Morgan fingerprint density at radius 2 is 1.07 bits per heavy atom. The van der Waals surface area contributed by atoms with Gasteiger partial charge in [-0.2, -0.15) is 11.5 Å². The van der Waals surface area contributed by atoms with Gasteiger partial charge in [0.1, 0.15) is 0 Å². The first-order valence-corrected chi connectivity index (χ1v) is 14.3. The van der Waals surface area contributed by atoms with Crippen LogP contribution in [0.2, 0.25) is 8.87 Å². The molecule has 0 amide bonds. The van der Waals surface area contributed by atoms with Crippen molar-refractivity contribution in [3.05, 3.63) is 71.8 Å². The molecule has 2 rings (SSSR count). The Hall–Kier alpha value is -1.12. The summed E-state index contributed by atoms with van der Waals surface area (Å²) in [7, 11) is 2.78. The van der Waals surface area contributed by atoms with E-state index in [1.54, 1.807) is 0 Å². The summed E-state index contributed by atoms with van der Waals surface area (Å²) in [5, 5.41) is 0. The predicted octanol–water partition coefficient (Wildman–Crippen LogP) is 4.12. The summed E-state index contributed by atoms with van der Waals surface area (Å²) in [4.78, 5) is 21.4. The second-order valence-corrected chi connectivity index (χ2v) is 10.5. The Kier molecular flexibility index (Phi) is 19.4. The van der Waals surface area contributed by atoms with Gasteiger partial charge in [0, 0.05) is 0 Å². The third-order valence-corrected chi connectivity index (χ3v) is 7.60. The Balaban J connectivity index is 0.000000423. The maximum Gasteiger partial charge on any atom is -0.0610 e. The summed E-state index contributed by atoms with van der Waals surface area (Å²) < 4.78 is 10.9. The fraction of sp³-hybridized carbons (Fsp3) is 0.364. The van der Waals surface area contributed by atoms with Gasteiger partial charge in [-0.15, -0.1) is 0 Å². The minimum atomic E-state index is -0.551. The van der Waals surface area contributed by atoms with E-state index in [1.807, 2.05) is 60.7 Å². The van der Waals surface area contributed by atoms with Gasteiger partial charge in [0.05, 0.1) is 0 Å². The van der Waals surface area contributed by atoms with Crippen LogP contribution in [0.1, 0.15) is 24.0 Å². The molecule has 0 aliphatic carbocycles. The maximum atomic E-state index is 10.7. The minimum Gasteiger partial charge on any atom is -0.788 e. The first kappa shape index (κ1) is 27.9. The van der Waals surface area contributed by atoms with E-state index in [9.17, 15) is 9.59 Å². The van der Waals surface area contributed by atoms with Crippen LogP contribution in [0.5, 0.6) is 0 Å². The zero-order chi connectivity index (χ0) is 21.7. The number of carbonyl (C=O) groups excluding carboxylic acids is 2. The van der Waals surface area contributed by atoms with Crippen LogP contribution in [0, 0.1) is 0 Å². The third-order valence-electron chi connectivity index (χ3n) is 3.49. The molecular formula is C22H28O4S2Sn. The molecule has 2 aromatic rings. The molecule has 0 aromatic heterocycles. The molecule has 0 aliphatic rings. The Bertz CT molecular complexity index is 597. The molecule has 29 heavy (non-hydrogen) atoms. The molecule has 156 valence electrons. The normalized spacial score (nSPS) is 8.97. The number of benzene rings is 2. The number of hydrogen-bond donors (Lipinski definition) is 0. The van der Waals surface area contributed by atoms with Crippen molar-refractivity contribution >= 4 is 58.3 Å². The van der Waals surface area contributed by atoms with E-state index in [0.717, 1.165) is 20.4 Å². The van der Waals surface area contributed by atoms with Gasteiger partial charge in [0.15, 0.2) is 0 Å². The van der Waals surface area contributed by atoms with Crippen LogP contribution in [-0.2, 0) is 55.8 Å². The average molecular weight is 539 g/mol. The minimum absolute atomic E-state index is 0.154. The van der Waals surface area contributed by atoms with E-state index in [-0.39, 0.29) is 11.9 Å². The summed E-state index contributed by atoms with van der Waals surface area (Å²) in [5.41, 5.74) is 2.45. The van der Waals surface area contributed by atoms with Crippen LogP contribution >= 0.6 is 0 Å². The molecule has 0 aliphatic heterocycles. The van der Waals surface area contributed by atoms with E-state index in [1.165, 1.54) is 25.3 Å². The van der Waals surface area contributed by atoms with Gasteiger partial charge in [-0.3, -0.25) is 0 Å². The van der Waals surface area contributed by atoms with Crippen LogP contribution in [0.3, 0.4) is 0 Å². The molecule has 0 bridgehead atoms. The van der Waals surface area contributed by atoms with Crippen molar-refractivity contribution in [1.29, 1.82) is 0 Å². The average Bonchev–Trinajstić information content (AvgIpc) is 2.80. The predicted molar refractivity (Wildman–Crippen MR) is 124 cm³/mol. The van der Waals surface area contributed by atoms with Crippen LogP contribution in [-0.4, -0.2) is 47.3 Å². The summed E-state index contributed by atoms with van der Waals surface area (Å²) in [5.74, 6) is 1.14. The summed E-state index contributed by atoms with van der Waals surface area (Å²) in [6.45, 7) is 0. The van der Waals surface area contributed by atoms with Crippen LogP contribution < -0.4 is 0 Å². The van der Waals surface area contributed by atoms with Crippen molar-refractivity contribution in [3.63, 3.8) is 0 Å². The van der Waals surface area contributed by atoms with Crippen molar-refractivity contribution < 1.29 is 19.1 Å². The molecule has 7 heteroatoms. The Labute approximate surface area is 195 Å². The van der Waals surface area contributed by atoms with E-state index in [2.05, 4.69) is 9.47 Å². The number of carbonyl (C=O) groups is 2. The smallest absolute Gasteiger partial charge is 0.0610 e. The van der Waals surface area contributed by atoms with Gasteiger partial charge >= 0.3 is 88.1 Å². The summed E-state index contributed by atoms with van der Waals surface area (Å²) in [6, 6.07) is 20.1. The van der Waals surface area contributed by atoms with Crippen molar-refractivity contribution in [2.24, 2.45) is 0 Å². The number of ether oxygens (including phenoxy) is 2. The summed E-state index contributed by atoms with van der Waals surface area (Å²) >= 11 is 9.09. The molecule has 0 N–H and O–H groups in total. The second-order valence-electron chi connectivity index (χ2n) is 5.66. The van der Waals surface area contributed by atoms with Gasteiger partial charge in [0.2, 0.25) is 0 Å². The molecule has 4 nitrogen and oxygen atoms in total. The quantitative estimate of drug-likeness (QED) is 0.218. The van der Waals surface area contributed by atoms with Crippen molar-refractivity contribution in [2.45, 2.75) is 33.2 Å². The fourth-order valence-corrected chi connectivity index (χ4v) is 5.13. The first-order valence-electron chi connectivity index (χ1n) is 9.15. The molecule has 0 saturated heterocycles. The number of rotatable bonds is 8. The van der Waals surface area contributed by atoms with E-state index in [4.69, 9.17) is 25.3 Å². The fourth-order valence-electron chi connectivity index (χ4n) is 1.86. The molecule has 0 spiro atoms. The maximum absolute atomic E-state index is 10.7. The number of methoxy groups -OCH3 is 2. The Morgan fingerprint density at radius 1 is 0.724 bits per heavy atom. The van der Waals surface area contributed by atoms with Crippen LogP contribution in [0.25, 0.3) is 0 Å². The van der Waals surface area contributed by atoms with Gasteiger partial charge < -0.3 is 25.3 Å². The van der Waals surface area contributed by atoms with Gasteiger partial charge in [0.25, 0.3) is 0 Å². The monoisotopic (exact) mass is 540 g/mol. The molecule has 0 heterocycles. The topological polar surface area (TPSA) is 52.6 Å². The zero-order valence-electron chi connectivity index (χ0n) is 17.0. The largest absolute Gasteiger partial charge is 0.788 e. The number of esters is 2. The standard InChI is InChI=1S/2C7H8S.2C4H7O2.Sn/c2*8-6-7-4-2-1-3-5-7;2*1-3-4(5)6-2;/h2*1-5,8H,6H2;2*1,3H2,2H3;/q;;;;+2/p-2. The molecular weight excluding hydrogens is 511 g/mol. The Morgan fingerprint density at radius 3 is 1.31 bits per heavy atom. The van der Waals surface area contributed by atoms with Crippen molar-refractivity contribution in [2.75, 3.05) is 14.2 Å². The third kappa shape index (κ3) is 17.4. The van der Waals surface area contributed by atoms with E-state index >= 15 is 0 Å². The molecule has 0 atom stereocenters. The molecule has 0 fully saturated rings. The summed E-state index contributed by atoms with van der Waals surface area (Å²) in [6.07, 6.45) is 1.01. The first-order chi connectivity index (χ1) is 14.1. The van der Waals surface area contributed by atoms with E-state index < -0.39 is 21.1 Å². The zero-order valence-corrected chi connectivity index (χ0v) is 21.5.